The lowest BCUT2D eigenvalue weighted by atomic mass is 9.89. The van der Waals surface area contributed by atoms with Crippen LogP contribution in [-0.4, -0.2) is 51.8 Å². The zero-order valence-electron chi connectivity index (χ0n) is 17.1. The van der Waals surface area contributed by atoms with Crippen LogP contribution in [0.3, 0.4) is 0 Å². The molecule has 1 atom stereocenters. The lowest BCUT2D eigenvalue weighted by Crippen LogP contribution is -2.46. The van der Waals surface area contributed by atoms with E-state index in [9.17, 15) is 4.79 Å². The van der Waals surface area contributed by atoms with Gasteiger partial charge in [-0.25, -0.2) is 0 Å². The van der Waals surface area contributed by atoms with Crippen molar-refractivity contribution >= 4 is 41.5 Å². The molecule has 0 spiro atoms. The molecule has 1 rings (SSSR count). The first-order valence-corrected chi connectivity index (χ1v) is 8.74. The minimum Gasteiger partial charge on any atom is -0.492 e. The molecule has 8 heteroatoms. The number of nitrogens with zero attached hydrogens (tertiary/aromatic N) is 1. The van der Waals surface area contributed by atoms with Gasteiger partial charge >= 0.3 is 0 Å². The monoisotopic (exact) mass is 492 g/mol. The number of rotatable bonds is 8. The van der Waals surface area contributed by atoms with Gasteiger partial charge in [-0.3, -0.25) is 9.79 Å². The zero-order valence-corrected chi connectivity index (χ0v) is 19.4. The summed E-state index contributed by atoms with van der Waals surface area (Å²) in [6, 6.07) is 7.30. The van der Waals surface area contributed by atoms with Crippen LogP contribution in [0.4, 0.5) is 5.69 Å². The van der Waals surface area contributed by atoms with Gasteiger partial charge < -0.3 is 25.4 Å². The molecule has 1 aromatic carbocycles. The molecule has 0 bridgehead atoms. The smallest absolute Gasteiger partial charge is 0.221 e. The van der Waals surface area contributed by atoms with Gasteiger partial charge in [-0.2, -0.15) is 0 Å². The molecular formula is C19H33IN4O3. The van der Waals surface area contributed by atoms with Gasteiger partial charge in [-0.15, -0.1) is 24.0 Å². The molecule has 1 aromatic rings. The van der Waals surface area contributed by atoms with Crippen molar-refractivity contribution in [1.29, 1.82) is 0 Å². The molecule has 3 N–H and O–H groups in total. The summed E-state index contributed by atoms with van der Waals surface area (Å²) in [5, 5.41) is 9.21. The van der Waals surface area contributed by atoms with E-state index in [0.29, 0.717) is 37.1 Å². The molecule has 154 valence electrons. The summed E-state index contributed by atoms with van der Waals surface area (Å²) in [5.74, 6) is 1.29. The number of ether oxygens (including phenoxy) is 2. The second kappa shape index (κ2) is 12.8. The first-order chi connectivity index (χ1) is 12.3. The van der Waals surface area contributed by atoms with Crippen molar-refractivity contribution in [2.75, 3.05) is 39.2 Å². The van der Waals surface area contributed by atoms with Crippen LogP contribution in [0.1, 0.15) is 27.7 Å². The Hall–Kier alpha value is -1.55. The fourth-order valence-corrected chi connectivity index (χ4v) is 2.36. The van der Waals surface area contributed by atoms with Gasteiger partial charge in [-0.1, -0.05) is 26.8 Å². The Kier molecular flexibility index (Phi) is 12.0. The molecule has 0 saturated heterocycles. The number of aliphatic imine (C=N–C) groups is 1. The van der Waals surface area contributed by atoms with Crippen LogP contribution in [0, 0.1) is 5.41 Å². The van der Waals surface area contributed by atoms with E-state index in [1.165, 1.54) is 6.92 Å². The molecule has 0 aliphatic carbocycles. The standard InChI is InChI=1S/C19H32N4O3.HI/c1-14(24)23-15-8-7-9-16(12-15)26-11-10-21-18(20-5)22-13-17(25-6)19(2,3)4;/h7-9,12,17H,10-11,13H2,1-6H3,(H,23,24)(H2,20,21,22);1H. The molecule has 0 radical (unpaired) electrons. The Balaban J connectivity index is 0.00000676. The minimum absolute atomic E-state index is 0. The predicted molar refractivity (Wildman–Crippen MR) is 121 cm³/mol. The van der Waals surface area contributed by atoms with E-state index < -0.39 is 0 Å². The van der Waals surface area contributed by atoms with Gasteiger partial charge in [0.25, 0.3) is 0 Å². The van der Waals surface area contributed by atoms with Crippen molar-refractivity contribution in [3.8, 4) is 5.75 Å². The molecule has 1 unspecified atom stereocenters. The van der Waals surface area contributed by atoms with Gasteiger partial charge in [-0.05, 0) is 17.5 Å². The largest absolute Gasteiger partial charge is 0.492 e. The van der Waals surface area contributed by atoms with Crippen LogP contribution >= 0.6 is 24.0 Å². The maximum atomic E-state index is 11.1. The highest BCUT2D eigenvalue weighted by atomic mass is 127. The summed E-state index contributed by atoms with van der Waals surface area (Å²) in [5.41, 5.74) is 0.760. The summed E-state index contributed by atoms with van der Waals surface area (Å²) in [7, 11) is 3.45. The Morgan fingerprint density at radius 2 is 1.96 bits per heavy atom. The van der Waals surface area contributed by atoms with Crippen molar-refractivity contribution in [2.24, 2.45) is 10.4 Å². The van der Waals surface area contributed by atoms with Crippen molar-refractivity contribution in [2.45, 2.75) is 33.8 Å². The molecule has 0 saturated carbocycles. The molecule has 27 heavy (non-hydrogen) atoms. The second-order valence-electron chi connectivity index (χ2n) is 7.03. The van der Waals surface area contributed by atoms with E-state index in [1.807, 2.05) is 18.2 Å². The van der Waals surface area contributed by atoms with Crippen molar-refractivity contribution in [1.82, 2.24) is 10.6 Å². The quantitative estimate of drug-likeness (QED) is 0.225. The molecule has 0 aromatic heterocycles. The molecule has 0 fully saturated rings. The third-order valence-corrected chi connectivity index (χ3v) is 3.75. The SMILES string of the molecule is CN=C(NCCOc1cccc(NC(C)=O)c1)NCC(OC)C(C)(C)C.I. The molecular weight excluding hydrogens is 459 g/mol. The van der Waals surface area contributed by atoms with Gasteiger partial charge in [0.2, 0.25) is 5.91 Å². The van der Waals surface area contributed by atoms with Gasteiger partial charge in [0.15, 0.2) is 5.96 Å². The number of carbonyl (C=O) groups excluding carboxylic acids is 1. The number of carbonyl (C=O) groups is 1. The highest BCUT2D eigenvalue weighted by Crippen LogP contribution is 2.21. The summed E-state index contributed by atoms with van der Waals surface area (Å²) >= 11 is 0. The van der Waals surface area contributed by atoms with Gasteiger partial charge in [0.1, 0.15) is 12.4 Å². The van der Waals surface area contributed by atoms with Gasteiger partial charge in [0.05, 0.1) is 12.6 Å². The minimum atomic E-state index is -0.108. The third-order valence-electron chi connectivity index (χ3n) is 3.75. The van der Waals surface area contributed by atoms with Gasteiger partial charge in [0, 0.05) is 39.4 Å². The highest BCUT2D eigenvalue weighted by molar-refractivity contribution is 14.0. The first kappa shape index (κ1) is 25.4. The third kappa shape index (κ3) is 10.4. The van der Waals surface area contributed by atoms with Crippen molar-refractivity contribution in [3.63, 3.8) is 0 Å². The number of anilines is 1. The summed E-state index contributed by atoms with van der Waals surface area (Å²) < 4.78 is 11.2. The fraction of sp³-hybridized carbons (Fsp3) is 0.579. The second-order valence-corrected chi connectivity index (χ2v) is 7.03. The Labute approximate surface area is 179 Å². The average molecular weight is 492 g/mol. The van der Waals surface area contributed by atoms with Crippen molar-refractivity contribution < 1.29 is 14.3 Å². The fourth-order valence-electron chi connectivity index (χ4n) is 2.36. The van der Waals surface area contributed by atoms with E-state index in [-0.39, 0.29) is 41.4 Å². The van der Waals surface area contributed by atoms with Crippen molar-refractivity contribution in [3.05, 3.63) is 24.3 Å². The summed E-state index contributed by atoms with van der Waals surface area (Å²) in [4.78, 5) is 15.3. The van der Waals surface area contributed by atoms with E-state index in [2.05, 4.69) is 41.7 Å². The highest BCUT2D eigenvalue weighted by Gasteiger charge is 2.24. The maximum absolute atomic E-state index is 11.1. The van der Waals surface area contributed by atoms with Crippen LogP contribution in [-0.2, 0) is 9.53 Å². The Bertz CT molecular complexity index is 603. The molecule has 7 nitrogen and oxygen atoms in total. The number of amides is 1. The average Bonchev–Trinajstić information content (AvgIpc) is 2.55. The Morgan fingerprint density at radius 1 is 1.26 bits per heavy atom. The van der Waals surface area contributed by atoms with Crippen LogP contribution in [0.2, 0.25) is 0 Å². The number of halogens is 1. The number of hydrogen-bond donors (Lipinski definition) is 3. The number of benzene rings is 1. The van der Waals surface area contributed by atoms with E-state index in [0.717, 1.165) is 0 Å². The summed E-state index contributed by atoms with van der Waals surface area (Å²) in [6.07, 6.45) is 0.0776. The first-order valence-electron chi connectivity index (χ1n) is 8.74. The van der Waals surface area contributed by atoms with Crippen LogP contribution in [0.15, 0.2) is 29.3 Å². The lowest BCUT2D eigenvalue weighted by molar-refractivity contribution is -0.114. The lowest BCUT2D eigenvalue weighted by Gasteiger charge is -2.30. The zero-order chi connectivity index (χ0) is 19.6. The van der Waals surface area contributed by atoms with E-state index >= 15 is 0 Å². The number of nitrogens with one attached hydrogen (secondary N) is 3. The molecule has 0 aliphatic heterocycles. The molecule has 0 heterocycles. The molecule has 0 aliphatic rings. The van der Waals surface area contributed by atoms with E-state index in [1.54, 1.807) is 20.2 Å². The summed E-state index contributed by atoms with van der Waals surface area (Å²) in [6.45, 7) is 9.63. The van der Waals surface area contributed by atoms with E-state index in [4.69, 9.17) is 9.47 Å². The topological polar surface area (TPSA) is 84.0 Å². The predicted octanol–water partition coefficient (Wildman–Crippen LogP) is 2.87. The van der Waals surface area contributed by atoms with Crippen LogP contribution < -0.4 is 20.7 Å². The Morgan fingerprint density at radius 3 is 2.52 bits per heavy atom. The molecule has 1 amide bonds. The number of guanidine groups is 1. The number of hydrogen-bond acceptors (Lipinski definition) is 4. The van der Waals surface area contributed by atoms with Crippen LogP contribution in [0.25, 0.3) is 0 Å². The van der Waals surface area contributed by atoms with Crippen LogP contribution in [0.5, 0.6) is 5.75 Å². The maximum Gasteiger partial charge on any atom is 0.221 e. The normalized spacial score (nSPS) is 12.6. The number of methoxy groups -OCH3 is 1.